The van der Waals surface area contributed by atoms with Crippen LogP contribution in [-0.4, -0.2) is 14.8 Å². The van der Waals surface area contributed by atoms with Crippen LogP contribution in [0.3, 0.4) is 0 Å². The van der Waals surface area contributed by atoms with Gasteiger partial charge in [-0.3, -0.25) is 4.99 Å². The van der Waals surface area contributed by atoms with E-state index < -0.39 is 5.41 Å². The Balaban J connectivity index is 0.987. The predicted molar refractivity (Wildman–Crippen MR) is 266 cm³/mol. The zero-order chi connectivity index (χ0) is 42.4. The minimum atomic E-state index is -0.545. The molecule has 11 aromatic rings. The number of allylic oxidation sites excluding steroid dienone is 1. The van der Waals surface area contributed by atoms with Gasteiger partial charge in [-0.1, -0.05) is 182 Å². The predicted octanol–water partition coefficient (Wildman–Crippen LogP) is 14.0. The highest BCUT2D eigenvalue weighted by atomic mass is 32.2. The summed E-state index contributed by atoms with van der Waals surface area (Å²) >= 11 is 1.92. The molecular formula is C59H40N4S. The van der Waals surface area contributed by atoms with E-state index in [-0.39, 0.29) is 0 Å². The number of hydrogen-bond donors (Lipinski definition) is 1. The molecule has 4 heterocycles. The number of rotatable bonds is 6. The molecule has 5 heteroatoms. The topological polar surface area (TPSA) is 48.2 Å². The van der Waals surface area contributed by atoms with Crippen LogP contribution in [0.5, 0.6) is 0 Å². The molecule has 13 rings (SSSR count). The SMILES string of the molecule is N/C(=C\C(=NCc1ccc(-n2c3ccccc3c3c4c(ccc32)C2(c3ccccc3S4)c3ccccc3-n3c4ccccc4c4cccc2c43)cc1)c1ccccc1)c1ccccc1. The summed E-state index contributed by atoms with van der Waals surface area (Å²) in [6, 6.07) is 77.1. The number of nitrogens with two attached hydrogens (primary N) is 1. The first-order valence-corrected chi connectivity index (χ1v) is 22.7. The number of hydrogen-bond acceptors (Lipinski definition) is 3. The summed E-state index contributed by atoms with van der Waals surface area (Å²) in [5.41, 5.74) is 23.3. The van der Waals surface area contributed by atoms with Crippen LogP contribution in [0.25, 0.3) is 60.7 Å². The smallest absolute Gasteiger partial charge is 0.0764 e. The summed E-state index contributed by atoms with van der Waals surface area (Å²) in [6.07, 6.45) is 1.99. The Bertz CT molecular complexity index is 3730. The van der Waals surface area contributed by atoms with Crippen molar-refractivity contribution < 1.29 is 0 Å². The van der Waals surface area contributed by atoms with Crippen molar-refractivity contribution in [2.24, 2.45) is 10.7 Å². The monoisotopic (exact) mass is 836 g/mol. The van der Waals surface area contributed by atoms with Gasteiger partial charge in [-0.2, -0.15) is 0 Å². The summed E-state index contributed by atoms with van der Waals surface area (Å²) in [7, 11) is 0. The third-order valence-electron chi connectivity index (χ3n) is 13.4. The van der Waals surface area contributed by atoms with E-state index in [0.29, 0.717) is 12.2 Å². The van der Waals surface area contributed by atoms with Gasteiger partial charge >= 0.3 is 0 Å². The minimum Gasteiger partial charge on any atom is -0.398 e. The first-order valence-electron chi connectivity index (χ1n) is 21.9. The van der Waals surface area contributed by atoms with E-state index in [4.69, 9.17) is 10.7 Å². The molecular weight excluding hydrogens is 797 g/mol. The second kappa shape index (κ2) is 14.3. The summed E-state index contributed by atoms with van der Waals surface area (Å²) in [5.74, 6) is 0. The molecule has 9 aromatic carbocycles. The van der Waals surface area contributed by atoms with E-state index in [2.05, 4.69) is 173 Å². The number of aromatic nitrogens is 2. The molecule has 0 fully saturated rings. The third-order valence-corrected chi connectivity index (χ3v) is 14.6. The van der Waals surface area contributed by atoms with Gasteiger partial charge in [-0.05, 0) is 87.5 Å². The fourth-order valence-electron chi connectivity index (χ4n) is 10.7. The first kappa shape index (κ1) is 36.8. The molecule has 2 aromatic heterocycles. The molecule has 302 valence electrons. The molecule has 1 atom stereocenters. The highest BCUT2D eigenvalue weighted by Crippen LogP contribution is 2.62. The van der Waals surface area contributed by atoms with Crippen LogP contribution >= 0.6 is 11.8 Å². The Morgan fingerprint density at radius 2 is 1.12 bits per heavy atom. The maximum Gasteiger partial charge on any atom is 0.0764 e. The lowest BCUT2D eigenvalue weighted by molar-refractivity contribution is 0.692. The molecule has 2 aliphatic heterocycles. The lowest BCUT2D eigenvalue weighted by atomic mass is 9.62. The van der Waals surface area contributed by atoms with E-state index in [9.17, 15) is 0 Å². The first-order chi connectivity index (χ1) is 31.7. The zero-order valence-electron chi connectivity index (χ0n) is 34.8. The van der Waals surface area contributed by atoms with E-state index in [0.717, 1.165) is 28.1 Å². The van der Waals surface area contributed by atoms with Gasteiger partial charge in [-0.15, -0.1) is 0 Å². The lowest BCUT2D eigenvalue weighted by Crippen LogP contribution is -2.37. The van der Waals surface area contributed by atoms with Gasteiger partial charge in [-0.25, -0.2) is 0 Å². The highest BCUT2D eigenvalue weighted by molar-refractivity contribution is 7.99. The van der Waals surface area contributed by atoms with Crippen LogP contribution in [0, 0.1) is 0 Å². The van der Waals surface area contributed by atoms with Crippen molar-refractivity contribution in [3.8, 4) is 11.4 Å². The van der Waals surface area contributed by atoms with E-state index >= 15 is 0 Å². The number of benzene rings is 9. The second-order valence-electron chi connectivity index (χ2n) is 16.8. The van der Waals surface area contributed by atoms with Crippen molar-refractivity contribution in [2.45, 2.75) is 21.8 Å². The normalized spacial score (nSPS) is 15.5. The molecule has 4 nitrogen and oxygen atoms in total. The number of fused-ring (bicyclic) bond motifs is 15. The molecule has 0 saturated carbocycles. The van der Waals surface area contributed by atoms with Crippen LogP contribution in [0.1, 0.15) is 38.9 Å². The van der Waals surface area contributed by atoms with Gasteiger partial charge in [0.2, 0.25) is 0 Å². The van der Waals surface area contributed by atoms with Crippen LogP contribution in [0.2, 0.25) is 0 Å². The van der Waals surface area contributed by atoms with E-state index in [1.165, 1.54) is 81.3 Å². The maximum atomic E-state index is 6.62. The van der Waals surface area contributed by atoms with Crippen LogP contribution in [-0.2, 0) is 12.0 Å². The van der Waals surface area contributed by atoms with Gasteiger partial charge in [0, 0.05) is 42.7 Å². The minimum absolute atomic E-state index is 0.523. The highest BCUT2D eigenvalue weighted by Gasteiger charge is 2.50. The Kier molecular flexibility index (Phi) is 8.24. The standard InChI is InChI=1S/C59H40N4S/c60-49(39-16-3-1-4-17-39)36-50(40-18-5-2-6-19-40)61-37-38-30-32-41(33-31-38)62-52-27-12-8-21-44(52)56-54(62)35-34-48-58(56)64-55-29-14-10-24-46(55)59(48)45-23-9-13-28-53(45)63-51-26-11-7-20-42(51)43-22-15-25-47(59)57(43)63/h1-36H,37,60H2/b49-36-,61-50?. The summed E-state index contributed by atoms with van der Waals surface area (Å²) in [4.78, 5) is 7.73. The number of aliphatic imine (C=N–C) groups is 1. The molecule has 0 radical (unpaired) electrons. The molecule has 0 amide bonds. The molecule has 1 spiro atoms. The number of nitrogens with zero attached hydrogens (tertiary/aromatic N) is 3. The number of para-hydroxylation sites is 4. The van der Waals surface area contributed by atoms with Gasteiger partial charge in [0.25, 0.3) is 0 Å². The Hall–Kier alpha value is -7.86. The van der Waals surface area contributed by atoms with E-state index in [1.807, 2.05) is 66.4 Å². The summed E-state index contributed by atoms with van der Waals surface area (Å²) < 4.78 is 4.96. The third kappa shape index (κ3) is 5.28. The zero-order valence-corrected chi connectivity index (χ0v) is 35.6. The van der Waals surface area contributed by atoms with E-state index in [1.54, 1.807) is 0 Å². The molecule has 0 saturated heterocycles. The van der Waals surface area contributed by atoms with Crippen molar-refractivity contribution in [3.05, 3.63) is 257 Å². The Morgan fingerprint density at radius 3 is 1.92 bits per heavy atom. The lowest BCUT2D eigenvalue weighted by Gasteiger charge is -2.45. The molecule has 0 aliphatic carbocycles. The quantitative estimate of drug-likeness (QED) is 0.170. The fraction of sp³-hybridized carbons (Fsp3) is 0.0339. The Labute approximate surface area is 375 Å². The van der Waals surface area contributed by atoms with Gasteiger partial charge in [0.15, 0.2) is 0 Å². The van der Waals surface area contributed by atoms with Crippen molar-refractivity contribution >= 4 is 66.8 Å². The second-order valence-corrected chi connectivity index (χ2v) is 17.9. The largest absolute Gasteiger partial charge is 0.398 e. The summed E-state index contributed by atoms with van der Waals surface area (Å²) in [6.45, 7) is 0.523. The average molecular weight is 837 g/mol. The fourth-order valence-corrected chi connectivity index (χ4v) is 12.1. The summed E-state index contributed by atoms with van der Waals surface area (Å²) in [5, 5.41) is 5.10. The van der Waals surface area contributed by atoms with Gasteiger partial charge in [0.05, 0.1) is 45.4 Å². The van der Waals surface area contributed by atoms with Gasteiger partial charge < -0.3 is 14.9 Å². The molecule has 2 aliphatic rings. The van der Waals surface area contributed by atoms with Crippen LogP contribution in [0.4, 0.5) is 0 Å². The van der Waals surface area contributed by atoms with Crippen molar-refractivity contribution in [3.63, 3.8) is 0 Å². The van der Waals surface area contributed by atoms with Crippen LogP contribution in [0.15, 0.2) is 233 Å². The van der Waals surface area contributed by atoms with Crippen molar-refractivity contribution in [2.75, 3.05) is 0 Å². The van der Waals surface area contributed by atoms with Crippen LogP contribution < -0.4 is 5.73 Å². The molecule has 2 N–H and O–H groups in total. The average Bonchev–Trinajstić information content (AvgIpc) is 3.89. The Morgan fingerprint density at radius 1 is 0.500 bits per heavy atom. The van der Waals surface area contributed by atoms with Gasteiger partial charge in [0.1, 0.15) is 0 Å². The maximum absolute atomic E-state index is 6.62. The molecule has 64 heavy (non-hydrogen) atoms. The van der Waals surface area contributed by atoms with Crippen molar-refractivity contribution in [1.82, 2.24) is 9.13 Å². The molecule has 0 bridgehead atoms. The van der Waals surface area contributed by atoms with Crippen molar-refractivity contribution in [1.29, 1.82) is 0 Å². The molecule has 1 unspecified atom stereocenters.